The van der Waals surface area contributed by atoms with Gasteiger partial charge >= 0.3 is 0 Å². The SMILES string of the molecule is Fc1cc(Br)ccc1OCCCCCBr. The minimum atomic E-state index is -0.315. The van der Waals surface area contributed by atoms with E-state index in [-0.39, 0.29) is 5.82 Å². The lowest BCUT2D eigenvalue weighted by molar-refractivity contribution is 0.291. The van der Waals surface area contributed by atoms with Crippen molar-refractivity contribution >= 4 is 31.9 Å². The van der Waals surface area contributed by atoms with Crippen molar-refractivity contribution in [2.45, 2.75) is 19.3 Å². The zero-order chi connectivity index (χ0) is 11.1. The number of benzene rings is 1. The molecule has 0 aliphatic carbocycles. The molecule has 4 heteroatoms. The van der Waals surface area contributed by atoms with Gasteiger partial charge in [-0.3, -0.25) is 0 Å². The minimum Gasteiger partial charge on any atom is -0.491 e. The summed E-state index contributed by atoms with van der Waals surface area (Å²) in [6.07, 6.45) is 3.19. The summed E-state index contributed by atoms with van der Waals surface area (Å²) in [5.41, 5.74) is 0. The first-order valence-electron chi connectivity index (χ1n) is 4.88. The van der Waals surface area contributed by atoms with E-state index in [0.29, 0.717) is 12.4 Å². The maximum Gasteiger partial charge on any atom is 0.166 e. The molecule has 0 heterocycles. The Morgan fingerprint density at radius 1 is 1.20 bits per heavy atom. The second-order valence-corrected chi connectivity index (χ2v) is 4.88. The number of alkyl halides is 1. The van der Waals surface area contributed by atoms with Crippen molar-refractivity contribution in [1.82, 2.24) is 0 Å². The van der Waals surface area contributed by atoms with Gasteiger partial charge in [0.25, 0.3) is 0 Å². The third-order valence-electron chi connectivity index (χ3n) is 1.93. The smallest absolute Gasteiger partial charge is 0.166 e. The lowest BCUT2D eigenvalue weighted by atomic mass is 10.3. The molecule has 0 aliphatic rings. The van der Waals surface area contributed by atoms with Crippen LogP contribution in [0.1, 0.15) is 19.3 Å². The van der Waals surface area contributed by atoms with Gasteiger partial charge in [-0.15, -0.1) is 0 Å². The van der Waals surface area contributed by atoms with Crippen LogP contribution in [0.2, 0.25) is 0 Å². The van der Waals surface area contributed by atoms with E-state index in [9.17, 15) is 4.39 Å². The Morgan fingerprint density at radius 3 is 2.67 bits per heavy atom. The maximum atomic E-state index is 13.3. The summed E-state index contributed by atoms with van der Waals surface area (Å²) in [5.74, 6) is 0.0157. The quantitative estimate of drug-likeness (QED) is 0.546. The first-order chi connectivity index (χ1) is 7.24. The van der Waals surface area contributed by atoms with Gasteiger partial charge in [-0.25, -0.2) is 4.39 Å². The lowest BCUT2D eigenvalue weighted by Crippen LogP contribution is -1.99. The fourth-order valence-electron chi connectivity index (χ4n) is 1.15. The van der Waals surface area contributed by atoms with Crippen LogP contribution in [0.3, 0.4) is 0 Å². The average molecular weight is 340 g/mol. The third-order valence-corrected chi connectivity index (χ3v) is 2.98. The fraction of sp³-hybridized carbons (Fsp3) is 0.455. The summed E-state index contributed by atoms with van der Waals surface area (Å²) in [7, 11) is 0. The standard InChI is InChI=1S/C11H13Br2FO/c12-6-2-1-3-7-15-11-5-4-9(13)8-10(11)14/h4-5,8H,1-3,6-7H2. The molecule has 1 aromatic rings. The normalized spacial score (nSPS) is 10.3. The van der Waals surface area contributed by atoms with Crippen LogP contribution in [0.15, 0.2) is 22.7 Å². The molecule has 0 bridgehead atoms. The Balaban J connectivity index is 2.31. The zero-order valence-corrected chi connectivity index (χ0v) is 11.5. The molecule has 0 saturated carbocycles. The summed E-state index contributed by atoms with van der Waals surface area (Å²) >= 11 is 6.56. The third kappa shape index (κ3) is 4.98. The van der Waals surface area contributed by atoms with Crippen molar-refractivity contribution in [3.05, 3.63) is 28.5 Å². The monoisotopic (exact) mass is 338 g/mol. The van der Waals surface area contributed by atoms with E-state index < -0.39 is 0 Å². The maximum absolute atomic E-state index is 13.3. The van der Waals surface area contributed by atoms with Crippen LogP contribution in [0, 0.1) is 5.82 Å². The second kappa shape index (κ2) is 7.23. The molecule has 0 unspecified atom stereocenters. The minimum absolute atomic E-state index is 0.315. The summed E-state index contributed by atoms with van der Waals surface area (Å²) in [4.78, 5) is 0. The van der Waals surface area contributed by atoms with Crippen molar-refractivity contribution < 1.29 is 9.13 Å². The summed E-state index contributed by atoms with van der Waals surface area (Å²) in [6, 6.07) is 4.83. The van der Waals surface area contributed by atoms with E-state index in [1.54, 1.807) is 12.1 Å². The highest BCUT2D eigenvalue weighted by Gasteiger charge is 2.02. The van der Waals surface area contributed by atoms with Gasteiger partial charge in [0.2, 0.25) is 0 Å². The van der Waals surface area contributed by atoms with Gasteiger partial charge in [-0.2, -0.15) is 0 Å². The molecule has 0 amide bonds. The highest BCUT2D eigenvalue weighted by Crippen LogP contribution is 2.21. The second-order valence-electron chi connectivity index (χ2n) is 3.17. The van der Waals surface area contributed by atoms with Crippen LogP contribution in [0.25, 0.3) is 0 Å². The Kier molecular flexibility index (Phi) is 6.25. The van der Waals surface area contributed by atoms with Gasteiger partial charge in [0.05, 0.1) is 6.61 Å². The molecule has 0 aromatic heterocycles. The number of ether oxygens (including phenoxy) is 1. The molecule has 15 heavy (non-hydrogen) atoms. The lowest BCUT2D eigenvalue weighted by Gasteiger charge is -2.06. The van der Waals surface area contributed by atoms with Crippen LogP contribution >= 0.6 is 31.9 Å². The summed E-state index contributed by atoms with van der Waals surface area (Å²) in [5, 5.41) is 1.01. The van der Waals surface area contributed by atoms with E-state index in [4.69, 9.17) is 4.74 Å². The van der Waals surface area contributed by atoms with Gasteiger partial charge in [-0.1, -0.05) is 31.9 Å². The first kappa shape index (κ1) is 13.0. The van der Waals surface area contributed by atoms with Gasteiger partial charge < -0.3 is 4.74 Å². The molecule has 0 N–H and O–H groups in total. The topological polar surface area (TPSA) is 9.23 Å². The van der Waals surface area contributed by atoms with Gasteiger partial charge in [-0.05, 0) is 37.5 Å². The highest BCUT2D eigenvalue weighted by atomic mass is 79.9. The molecular weight excluding hydrogens is 327 g/mol. The summed E-state index contributed by atoms with van der Waals surface area (Å²) in [6.45, 7) is 0.575. The van der Waals surface area contributed by atoms with Crippen LogP contribution in [0.5, 0.6) is 5.75 Å². The van der Waals surface area contributed by atoms with Gasteiger partial charge in [0.1, 0.15) is 0 Å². The highest BCUT2D eigenvalue weighted by molar-refractivity contribution is 9.10. The average Bonchev–Trinajstić information content (AvgIpc) is 2.20. The Bertz CT molecular complexity index is 305. The number of hydrogen-bond donors (Lipinski definition) is 0. The van der Waals surface area contributed by atoms with Crippen molar-refractivity contribution in [3.8, 4) is 5.75 Å². The summed E-state index contributed by atoms with van der Waals surface area (Å²) < 4.78 is 19.3. The van der Waals surface area contributed by atoms with E-state index in [0.717, 1.165) is 29.1 Å². The Morgan fingerprint density at radius 2 is 2.00 bits per heavy atom. The molecule has 0 saturated heterocycles. The fourth-order valence-corrected chi connectivity index (χ4v) is 1.88. The zero-order valence-electron chi connectivity index (χ0n) is 8.31. The number of unbranched alkanes of at least 4 members (excludes halogenated alkanes) is 2. The predicted molar refractivity (Wildman–Crippen MR) is 67.2 cm³/mol. The van der Waals surface area contributed by atoms with E-state index >= 15 is 0 Å². The molecule has 0 fully saturated rings. The Hall–Kier alpha value is -0.0900. The molecule has 84 valence electrons. The molecule has 1 aromatic carbocycles. The van der Waals surface area contributed by atoms with Gasteiger partial charge in [0, 0.05) is 9.80 Å². The first-order valence-corrected chi connectivity index (χ1v) is 6.79. The molecule has 0 radical (unpaired) electrons. The molecule has 0 atom stereocenters. The van der Waals surface area contributed by atoms with E-state index in [1.165, 1.54) is 6.07 Å². The van der Waals surface area contributed by atoms with E-state index in [1.807, 2.05) is 0 Å². The van der Waals surface area contributed by atoms with Crippen molar-refractivity contribution in [3.63, 3.8) is 0 Å². The van der Waals surface area contributed by atoms with Crippen LogP contribution in [-0.4, -0.2) is 11.9 Å². The molecule has 0 aliphatic heterocycles. The Labute approximate surface area is 106 Å². The van der Waals surface area contributed by atoms with Gasteiger partial charge in [0.15, 0.2) is 11.6 Å². The largest absolute Gasteiger partial charge is 0.491 e. The number of halogens is 3. The van der Waals surface area contributed by atoms with E-state index in [2.05, 4.69) is 31.9 Å². The number of hydrogen-bond acceptors (Lipinski definition) is 1. The van der Waals surface area contributed by atoms with Crippen LogP contribution < -0.4 is 4.74 Å². The van der Waals surface area contributed by atoms with Crippen molar-refractivity contribution in [1.29, 1.82) is 0 Å². The molecule has 1 nitrogen and oxygen atoms in total. The van der Waals surface area contributed by atoms with Crippen molar-refractivity contribution in [2.75, 3.05) is 11.9 Å². The predicted octanol–water partition coefficient (Wildman–Crippen LogP) is 4.53. The molecule has 0 spiro atoms. The molecule has 1 rings (SSSR count). The van der Waals surface area contributed by atoms with Crippen LogP contribution in [-0.2, 0) is 0 Å². The number of rotatable bonds is 6. The molecular formula is C11H13Br2FO. The van der Waals surface area contributed by atoms with Crippen LogP contribution in [0.4, 0.5) is 4.39 Å². The van der Waals surface area contributed by atoms with Crippen molar-refractivity contribution in [2.24, 2.45) is 0 Å².